The molecule has 1 aliphatic carbocycles. The largest absolute Gasteiger partial charge is 0.497 e. The summed E-state index contributed by atoms with van der Waals surface area (Å²) in [4.78, 5) is 29.9. The number of rotatable bonds is 14. The van der Waals surface area contributed by atoms with Gasteiger partial charge in [0.15, 0.2) is 0 Å². The van der Waals surface area contributed by atoms with E-state index in [0.717, 1.165) is 47.9 Å². The van der Waals surface area contributed by atoms with Crippen LogP contribution in [-0.4, -0.2) is 57.1 Å². The van der Waals surface area contributed by atoms with E-state index < -0.39 is 16.1 Å². The molecule has 3 aromatic rings. The van der Waals surface area contributed by atoms with Crippen LogP contribution in [-0.2, 0) is 32.6 Å². The zero-order valence-corrected chi connectivity index (χ0v) is 27.8. The molecule has 2 amide bonds. The first-order chi connectivity index (χ1) is 21.5. The highest BCUT2D eigenvalue weighted by Crippen LogP contribution is 2.26. The molecule has 3 aromatic carbocycles. The number of methoxy groups -OCH3 is 1. The van der Waals surface area contributed by atoms with E-state index in [2.05, 4.69) is 5.32 Å². The van der Waals surface area contributed by atoms with Gasteiger partial charge in [-0.3, -0.25) is 13.9 Å². The van der Waals surface area contributed by atoms with Crippen molar-refractivity contribution in [2.45, 2.75) is 83.8 Å². The van der Waals surface area contributed by atoms with E-state index in [9.17, 15) is 18.0 Å². The fourth-order valence-corrected chi connectivity index (χ4v) is 7.05. The Morgan fingerprint density at radius 1 is 0.933 bits per heavy atom. The van der Waals surface area contributed by atoms with E-state index >= 15 is 0 Å². The maximum atomic E-state index is 14.2. The molecule has 0 heterocycles. The van der Waals surface area contributed by atoms with Crippen molar-refractivity contribution in [3.8, 4) is 5.75 Å². The van der Waals surface area contributed by atoms with Gasteiger partial charge in [0, 0.05) is 32.0 Å². The molecule has 0 saturated heterocycles. The summed E-state index contributed by atoms with van der Waals surface area (Å²) in [6.45, 7) is 4.18. The third-order valence-corrected chi connectivity index (χ3v) is 9.68. The summed E-state index contributed by atoms with van der Waals surface area (Å²) in [5.74, 6) is 0.311. The first-order valence-corrected chi connectivity index (χ1v) is 17.7. The van der Waals surface area contributed by atoms with Crippen molar-refractivity contribution in [3.63, 3.8) is 0 Å². The molecule has 0 bridgehead atoms. The molecule has 1 N–H and O–H groups in total. The molecule has 8 nitrogen and oxygen atoms in total. The maximum Gasteiger partial charge on any atom is 0.243 e. The van der Waals surface area contributed by atoms with Crippen LogP contribution in [0.2, 0.25) is 0 Å². The van der Waals surface area contributed by atoms with Crippen molar-refractivity contribution in [3.05, 3.63) is 95.1 Å². The number of aryl methyl sites for hydroxylation is 2. The van der Waals surface area contributed by atoms with Gasteiger partial charge in [-0.05, 0) is 73.6 Å². The van der Waals surface area contributed by atoms with Crippen molar-refractivity contribution in [1.29, 1.82) is 0 Å². The third kappa shape index (κ3) is 9.82. The van der Waals surface area contributed by atoms with Crippen LogP contribution in [0, 0.1) is 13.8 Å². The highest BCUT2D eigenvalue weighted by Gasteiger charge is 2.32. The van der Waals surface area contributed by atoms with E-state index in [1.807, 2.05) is 86.6 Å². The zero-order chi connectivity index (χ0) is 32.4. The number of carbonyl (C=O) groups excluding carboxylic acids is 2. The molecule has 4 rings (SSSR count). The third-order valence-electron chi connectivity index (χ3n) is 8.50. The van der Waals surface area contributed by atoms with Gasteiger partial charge in [0.05, 0.1) is 19.1 Å². The molecule has 9 heteroatoms. The van der Waals surface area contributed by atoms with E-state index in [1.165, 1.54) is 17.0 Å². The van der Waals surface area contributed by atoms with Gasteiger partial charge in [-0.2, -0.15) is 0 Å². The fourth-order valence-electron chi connectivity index (χ4n) is 6.04. The lowest BCUT2D eigenvalue weighted by Crippen LogP contribution is -2.52. The average molecular weight is 634 g/mol. The second-order valence-corrected chi connectivity index (χ2v) is 14.1. The van der Waals surface area contributed by atoms with Gasteiger partial charge in [-0.1, -0.05) is 73.9 Å². The van der Waals surface area contributed by atoms with Gasteiger partial charge in [0.25, 0.3) is 0 Å². The number of hydrogen-bond acceptors (Lipinski definition) is 5. The molecule has 1 fully saturated rings. The molecular formula is C36H47N3O5S. The topological polar surface area (TPSA) is 96.0 Å². The van der Waals surface area contributed by atoms with Crippen LogP contribution in [0.4, 0.5) is 5.69 Å². The van der Waals surface area contributed by atoms with Crippen LogP contribution in [0.5, 0.6) is 5.75 Å². The van der Waals surface area contributed by atoms with Crippen molar-refractivity contribution < 1.29 is 22.7 Å². The van der Waals surface area contributed by atoms with Crippen LogP contribution >= 0.6 is 0 Å². The molecule has 0 radical (unpaired) electrons. The smallest absolute Gasteiger partial charge is 0.243 e. The van der Waals surface area contributed by atoms with Gasteiger partial charge < -0.3 is 15.0 Å². The molecule has 242 valence electrons. The van der Waals surface area contributed by atoms with E-state index in [0.29, 0.717) is 24.3 Å². The standard InChI is InChI=1S/C36H47N3O5S/c1-27-20-21-28(2)33(23-27)39(45(4,42)43)22-12-19-35(40)38(26-30-15-11-18-32(24-30)44-3)34(25-29-13-7-5-8-14-29)36(41)37-31-16-9-6-10-17-31/h5,7-8,11,13-15,18,20-21,23-24,31,34H,6,9-10,12,16-17,19,22,25-26H2,1-4H3,(H,37,41)/t34-/m1/s1. The molecular weight excluding hydrogens is 586 g/mol. The number of anilines is 1. The summed E-state index contributed by atoms with van der Waals surface area (Å²) < 4.78 is 32.5. The lowest BCUT2D eigenvalue weighted by molar-refractivity contribution is -0.141. The van der Waals surface area contributed by atoms with Crippen LogP contribution in [0.1, 0.15) is 67.2 Å². The molecule has 45 heavy (non-hydrogen) atoms. The molecule has 0 unspecified atom stereocenters. The van der Waals surface area contributed by atoms with E-state index in [1.54, 1.807) is 12.0 Å². The molecule has 1 atom stereocenters. The SMILES string of the molecule is COc1cccc(CN(C(=O)CCCN(c2cc(C)ccc2C)S(C)(=O)=O)[C@H](Cc2ccccc2)C(=O)NC2CCCCC2)c1. The van der Waals surface area contributed by atoms with Gasteiger partial charge in [-0.25, -0.2) is 8.42 Å². The van der Waals surface area contributed by atoms with Crippen LogP contribution in [0.3, 0.4) is 0 Å². The van der Waals surface area contributed by atoms with Gasteiger partial charge in [0.1, 0.15) is 11.8 Å². The minimum atomic E-state index is -3.59. The molecule has 1 saturated carbocycles. The lowest BCUT2D eigenvalue weighted by Gasteiger charge is -2.34. The highest BCUT2D eigenvalue weighted by molar-refractivity contribution is 7.92. The summed E-state index contributed by atoms with van der Waals surface area (Å²) >= 11 is 0. The highest BCUT2D eigenvalue weighted by atomic mass is 32.2. The van der Waals surface area contributed by atoms with Crippen LogP contribution in [0.25, 0.3) is 0 Å². The number of hydrogen-bond donors (Lipinski definition) is 1. The number of benzene rings is 3. The number of nitrogens with zero attached hydrogens (tertiary/aromatic N) is 2. The van der Waals surface area contributed by atoms with Gasteiger partial charge in [-0.15, -0.1) is 0 Å². The van der Waals surface area contributed by atoms with Crippen molar-refractivity contribution in [2.24, 2.45) is 0 Å². The fraction of sp³-hybridized carbons (Fsp3) is 0.444. The summed E-state index contributed by atoms with van der Waals surface area (Å²) in [5.41, 5.74) is 4.23. The molecule has 0 aliphatic heterocycles. The average Bonchev–Trinajstić information content (AvgIpc) is 3.02. The Morgan fingerprint density at radius 2 is 1.64 bits per heavy atom. The van der Waals surface area contributed by atoms with Crippen LogP contribution < -0.4 is 14.4 Å². The predicted octanol–water partition coefficient (Wildman–Crippen LogP) is 5.95. The number of nitrogens with one attached hydrogen (secondary N) is 1. The minimum absolute atomic E-state index is 0.0862. The Balaban J connectivity index is 1.62. The Morgan fingerprint density at radius 3 is 2.33 bits per heavy atom. The zero-order valence-electron chi connectivity index (χ0n) is 27.0. The predicted molar refractivity (Wildman–Crippen MR) is 180 cm³/mol. The summed E-state index contributed by atoms with van der Waals surface area (Å²) in [5, 5.41) is 3.27. The van der Waals surface area contributed by atoms with Gasteiger partial charge >= 0.3 is 0 Å². The molecule has 0 spiro atoms. The van der Waals surface area contributed by atoms with Crippen molar-refractivity contribution >= 4 is 27.5 Å². The number of sulfonamides is 1. The summed E-state index contributed by atoms with van der Waals surface area (Å²) in [6, 6.07) is 22.4. The van der Waals surface area contributed by atoms with Crippen molar-refractivity contribution in [1.82, 2.24) is 10.2 Å². The minimum Gasteiger partial charge on any atom is -0.497 e. The van der Waals surface area contributed by atoms with Crippen LogP contribution in [0.15, 0.2) is 72.8 Å². The summed E-state index contributed by atoms with van der Waals surface area (Å²) in [7, 11) is -1.99. The van der Waals surface area contributed by atoms with Crippen molar-refractivity contribution in [2.75, 3.05) is 24.2 Å². The Hall–Kier alpha value is -3.85. The van der Waals surface area contributed by atoms with E-state index in [-0.39, 0.29) is 37.4 Å². The monoisotopic (exact) mass is 633 g/mol. The van der Waals surface area contributed by atoms with Gasteiger partial charge in [0.2, 0.25) is 21.8 Å². The lowest BCUT2D eigenvalue weighted by atomic mass is 9.94. The Bertz CT molecular complexity index is 1540. The Kier molecular flexibility index (Phi) is 12.0. The number of carbonyl (C=O) groups is 2. The Labute approximate surface area is 268 Å². The first-order valence-electron chi connectivity index (χ1n) is 15.9. The van der Waals surface area contributed by atoms with E-state index in [4.69, 9.17) is 4.74 Å². The summed E-state index contributed by atoms with van der Waals surface area (Å²) in [6.07, 6.45) is 7.16. The normalized spacial score (nSPS) is 14.4. The molecule has 0 aromatic heterocycles. The second kappa shape index (κ2) is 15.9. The number of amides is 2. The maximum absolute atomic E-state index is 14.2. The quantitative estimate of drug-likeness (QED) is 0.237. The number of ether oxygens (including phenoxy) is 1. The molecule has 1 aliphatic rings. The second-order valence-electron chi connectivity index (χ2n) is 12.2. The first kappa shape index (κ1) is 34.0.